The fraction of sp³-hybridized carbons (Fsp3) is 0.556. The van der Waals surface area contributed by atoms with Crippen molar-refractivity contribution in [3.63, 3.8) is 0 Å². The van der Waals surface area contributed by atoms with Gasteiger partial charge in [-0.05, 0) is 6.92 Å². The van der Waals surface area contributed by atoms with Crippen LogP contribution in [0.4, 0.5) is 24.8 Å². The average Bonchev–Trinajstić information content (AvgIpc) is 2.24. The molecule has 0 spiro atoms. The maximum absolute atomic E-state index is 12.6. The van der Waals surface area contributed by atoms with E-state index in [9.17, 15) is 21.6 Å². The van der Waals surface area contributed by atoms with Crippen molar-refractivity contribution in [1.82, 2.24) is 9.97 Å². The molecule has 0 amide bonds. The predicted octanol–water partition coefficient (Wildman–Crippen LogP) is 0.626. The quantitative estimate of drug-likeness (QED) is 0.540. The van der Waals surface area contributed by atoms with Gasteiger partial charge in [0.2, 0.25) is 5.82 Å². The minimum absolute atomic E-state index is 0.170. The van der Waals surface area contributed by atoms with E-state index in [1.165, 1.54) is 6.92 Å². The average molecular weight is 313 g/mol. The fourth-order valence-electron chi connectivity index (χ4n) is 1.47. The predicted molar refractivity (Wildman–Crippen MR) is 67.6 cm³/mol. The number of nitrogens with one attached hydrogen (secondary N) is 2. The number of aromatic nitrogens is 2. The highest BCUT2D eigenvalue weighted by Crippen LogP contribution is 2.28. The zero-order valence-electron chi connectivity index (χ0n) is 10.7. The molecule has 4 N–H and O–H groups in total. The maximum atomic E-state index is 12.6. The van der Waals surface area contributed by atoms with Crippen molar-refractivity contribution >= 4 is 21.5 Å². The van der Waals surface area contributed by atoms with Crippen LogP contribution < -0.4 is 16.6 Å². The second-order valence-electron chi connectivity index (χ2n) is 4.24. The molecule has 0 aliphatic carbocycles. The molecule has 0 bridgehead atoms. The van der Waals surface area contributed by atoms with E-state index in [4.69, 9.17) is 5.84 Å². The molecule has 0 fully saturated rings. The topological polar surface area (TPSA) is 110 Å². The Morgan fingerprint density at radius 2 is 1.90 bits per heavy atom. The maximum Gasteiger partial charge on any atom is 0.451 e. The van der Waals surface area contributed by atoms with E-state index in [0.717, 1.165) is 12.3 Å². The normalized spacial score (nSPS) is 13.9. The highest BCUT2D eigenvalue weighted by Gasteiger charge is 2.35. The van der Waals surface area contributed by atoms with Crippen molar-refractivity contribution in [1.29, 1.82) is 0 Å². The highest BCUT2D eigenvalue weighted by molar-refractivity contribution is 7.90. The van der Waals surface area contributed by atoms with Crippen LogP contribution in [-0.4, -0.2) is 36.4 Å². The van der Waals surface area contributed by atoms with Gasteiger partial charge in [-0.1, -0.05) is 0 Å². The van der Waals surface area contributed by atoms with Crippen LogP contribution in [0.3, 0.4) is 0 Å². The number of rotatable bonds is 5. The van der Waals surface area contributed by atoms with Gasteiger partial charge in [0.15, 0.2) is 0 Å². The van der Waals surface area contributed by atoms with Crippen molar-refractivity contribution in [2.24, 2.45) is 5.84 Å². The lowest BCUT2D eigenvalue weighted by Gasteiger charge is -2.15. The number of nitrogen functional groups attached to an aromatic ring is 1. The lowest BCUT2D eigenvalue weighted by Crippen LogP contribution is -2.26. The second kappa shape index (κ2) is 5.79. The molecule has 114 valence electrons. The Morgan fingerprint density at radius 3 is 2.35 bits per heavy atom. The molecule has 1 atom stereocenters. The molecule has 1 aromatic rings. The van der Waals surface area contributed by atoms with Gasteiger partial charge in [0.1, 0.15) is 21.5 Å². The molecule has 7 nitrogen and oxygen atoms in total. The fourth-order valence-corrected chi connectivity index (χ4v) is 2.46. The third-order valence-electron chi connectivity index (χ3n) is 2.07. The van der Waals surface area contributed by atoms with E-state index in [0.29, 0.717) is 0 Å². The van der Waals surface area contributed by atoms with E-state index in [2.05, 4.69) is 15.3 Å². The van der Waals surface area contributed by atoms with Crippen molar-refractivity contribution in [2.75, 3.05) is 22.8 Å². The van der Waals surface area contributed by atoms with Gasteiger partial charge in [0, 0.05) is 18.4 Å². The SMILES string of the molecule is CC(CS(C)(=O)=O)Nc1cc(NN)nc(C(F)(F)F)n1. The van der Waals surface area contributed by atoms with Crippen LogP contribution in [0.15, 0.2) is 6.07 Å². The lowest BCUT2D eigenvalue weighted by molar-refractivity contribution is -0.144. The Balaban J connectivity index is 3.00. The van der Waals surface area contributed by atoms with E-state index >= 15 is 0 Å². The molecule has 0 radical (unpaired) electrons. The van der Waals surface area contributed by atoms with Gasteiger partial charge in [-0.15, -0.1) is 0 Å². The summed E-state index contributed by atoms with van der Waals surface area (Å²) in [5.41, 5.74) is 1.99. The van der Waals surface area contributed by atoms with Crippen LogP contribution >= 0.6 is 0 Å². The van der Waals surface area contributed by atoms with Crippen molar-refractivity contribution in [3.05, 3.63) is 11.9 Å². The standard InChI is InChI=1S/C9H14F3N5O2S/c1-5(4-20(2,18)19)14-6-3-7(17-13)16-8(15-6)9(10,11)12/h3,5H,4,13H2,1-2H3,(H2,14,15,16,17). The Hall–Kier alpha value is -1.62. The zero-order chi connectivity index (χ0) is 15.6. The minimum atomic E-state index is -4.73. The Bertz CT molecular complexity index is 575. The van der Waals surface area contributed by atoms with Gasteiger partial charge >= 0.3 is 6.18 Å². The Kier molecular flexibility index (Phi) is 4.76. The van der Waals surface area contributed by atoms with Crippen molar-refractivity contribution < 1.29 is 21.6 Å². The summed E-state index contributed by atoms with van der Waals surface area (Å²) in [4.78, 5) is 6.46. The molecular weight excluding hydrogens is 299 g/mol. The third kappa shape index (κ3) is 5.17. The number of nitrogens with zero attached hydrogens (tertiary/aromatic N) is 2. The van der Waals surface area contributed by atoms with Crippen molar-refractivity contribution in [3.8, 4) is 0 Å². The first-order chi connectivity index (χ1) is 9.01. The number of sulfone groups is 1. The molecule has 20 heavy (non-hydrogen) atoms. The van der Waals surface area contributed by atoms with E-state index in [-0.39, 0.29) is 17.4 Å². The first-order valence-electron chi connectivity index (χ1n) is 5.38. The summed E-state index contributed by atoms with van der Waals surface area (Å²) in [6, 6.07) is 0.528. The molecule has 0 aromatic carbocycles. The number of hydrogen-bond acceptors (Lipinski definition) is 7. The summed E-state index contributed by atoms with van der Waals surface area (Å²) in [7, 11) is -3.27. The van der Waals surface area contributed by atoms with Gasteiger partial charge in [-0.2, -0.15) is 13.2 Å². The summed E-state index contributed by atoms with van der Waals surface area (Å²) in [6.45, 7) is 1.51. The molecule has 1 heterocycles. The molecular formula is C9H14F3N5O2S. The molecule has 0 aliphatic rings. The van der Waals surface area contributed by atoms with Crippen LogP contribution in [0.25, 0.3) is 0 Å². The first kappa shape index (κ1) is 16.4. The number of halogens is 3. The van der Waals surface area contributed by atoms with Crippen LogP contribution in [0.2, 0.25) is 0 Å². The van der Waals surface area contributed by atoms with E-state index in [1.54, 1.807) is 0 Å². The summed E-state index contributed by atoms with van der Waals surface area (Å²) in [5, 5.41) is 2.56. The molecule has 1 unspecified atom stereocenters. The van der Waals surface area contributed by atoms with Crippen LogP contribution in [-0.2, 0) is 16.0 Å². The Morgan fingerprint density at radius 1 is 1.35 bits per heavy atom. The summed E-state index contributed by atoms with van der Waals surface area (Å²) < 4.78 is 59.9. The number of nitrogens with two attached hydrogens (primary N) is 1. The molecule has 0 aliphatic heterocycles. The van der Waals surface area contributed by atoms with Crippen molar-refractivity contribution in [2.45, 2.75) is 19.1 Å². The third-order valence-corrected chi connectivity index (χ3v) is 3.18. The summed E-state index contributed by atoms with van der Waals surface area (Å²) in [6.07, 6.45) is -3.71. The largest absolute Gasteiger partial charge is 0.451 e. The van der Waals surface area contributed by atoms with Gasteiger partial charge < -0.3 is 10.7 Å². The number of hydrazine groups is 1. The van der Waals surface area contributed by atoms with E-state index < -0.39 is 27.9 Å². The number of alkyl halides is 3. The summed E-state index contributed by atoms with van der Waals surface area (Å²) >= 11 is 0. The van der Waals surface area contributed by atoms with E-state index in [1.807, 2.05) is 5.43 Å². The van der Waals surface area contributed by atoms with Gasteiger partial charge in [0.25, 0.3) is 0 Å². The molecule has 0 saturated carbocycles. The van der Waals surface area contributed by atoms with Gasteiger partial charge in [-0.25, -0.2) is 24.2 Å². The van der Waals surface area contributed by atoms with Gasteiger partial charge in [0.05, 0.1) is 5.75 Å². The molecule has 1 aromatic heterocycles. The monoisotopic (exact) mass is 313 g/mol. The highest BCUT2D eigenvalue weighted by atomic mass is 32.2. The minimum Gasteiger partial charge on any atom is -0.366 e. The second-order valence-corrected chi connectivity index (χ2v) is 6.43. The number of anilines is 2. The molecule has 1 rings (SSSR count). The molecule has 11 heteroatoms. The van der Waals surface area contributed by atoms with Crippen LogP contribution in [0, 0.1) is 0 Å². The Labute approximate surface area is 113 Å². The molecule has 0 saturated heterocycles. The number of hydrogen-bond donors (Lipinski definition) is 3. The summed E-state index contributed by atoms with van der Waals surface area (Å²) in [5.74, 6) is 3.01. The zero-order valence-corrected chi connectivity index (χ0v) is 11.5. The first-order valence-corrected chi connectivity index (χ1v) is 7.44. The van der Waals surface area contributed by atoms with Crippen LogP contribution in [0.5, 0.6) is 0 Å². The van der Waals surface area contributed by atoms with Gasteiger partial charge in [-0.3, -0.25) is 0 Å². The van der Waals surface area contributed by atoms with Crippen LogP contribution in [0.1, 0.15) is 12.7 Å². The lowest BCUT2D eigenvalue weighted by atomic mass is 10.4. The smallest absolute Gasteiger partial charge is 0.366 e.